The van der Waals surface area contributed by atoms with Gasteiger partial charge in [0.1, 0.15) is 18.1 Å². The Morgan fingerprint density at radius 2 is 1.81 bits per heavy atom. The van der Waals surface area contributed by atoms with Crippen LogP contribution in [0.3, 0.4) is 0 Å². The van der Waals surface area contributed by atoms with Gasteiger partial charge in [-0.05, 0) is 38.0 Å². The van der Waals surface area contributed by atoms with Gasteiger partial charge in [0.2, 0.25) is 0 Å². The Balaban J connectivity index is 1.47. The van der Waals surface area contributed by atoms with Crippen molar-refractivity contribution in [2.45, 2.75) is 33.9 Å². The number of hydrogen-bond acceptors (Lipinski definition) is 5. The fourth-order valence-electron chi connectivity index (χ4n) is 3.27. The third-order valence-corrected chi connectivity index (χ3v) is 5.06. The van der Waals surface area contributed by atoms with Crippen LogP contribution in [0.15, 0.2) is 65.2 Å². The number of para-hydroxylation sites is 1. The summed E-state index contributed by atoms with van der Waals surface area (Å²) in [7, 11) is 0. The Morgan fingerprint density at radius 1 is 1.06 bits per heavy atom. The Bertz CT molecular complexity index is 1190. The minimum atomic E-state index is -0.385. The highest BCUT2D eigenvalue weighted by Crippen LogP contribution is 2.21. The molecule has 0 aliphatic heterocycles. The normalized spacial score (nSPS) is 10.8. The quantitative estimate of drug-likeness (QED) is 0.473. The maximum absolute atomic E-state index is 12.9. The van der Waals surface area contributed by atoms with E-state index >= 15 is 0 Å². The summed E-state index contributed by atoms with van der Waals surface area (Å²) in [6.07, 6.45) is 0. The van der Waals surface area contributed by atoms with Gasteiger partial charge < -0.3 is 14.6 Å². The van der Waals surface area contributed by atoms with Crippen LogP contribution in [0.2, 0.25) is 0 Å². The van der Waals surface area contributed by atoms with Crippen LogP contribution in [0.4, 0.5) is 5.82 Å². The van der Waals surface area contributed by atoms with Crippen molar-refractivity contribution >= 4 is 11.7 Å². The molecule has 0 saturated heterocycles. The molecular formula is C24H24N4O3. The lowest BCUT2D eigenvalue weighted by Crippen LogP contribution is -2.16. The van der Waals surface area contributed by atoms with Gasteiger partial charge in [0.15, 0.2) is 11.5 Å². The van der Waals surface area contributed by atoms with Crippen LogP contribution >= 0.6 is 0 Å². The first-order chi connectivity index (χ1) is 15.0. The van der Waals surface area contributed by atoms with Crippen LogP contribution in [0.25, 0.3) is 0 Å². The standard InChI is InChI=1S/C24H24N4O3/c1-16-9-7-8-12-21(16)30-15-20-18(3)31-27-23(20)24(29)25-22-13-17(2)28(26-22)14-19-10-5-4-6-11-19/h4-13H,14-15H2,1-3H3,(H,25,26,29). The van der Waals surface area contributed by atoms with Gasteiger partial charge in [-0.3, -0.25) is 9.48 Å². The zero-order chi connectivity index (χ0) is 21.8. The summed E-state index contributed by atoms with van der Waals surface area (Å²) in [6, 6.07) is 19.6. The highest BCUT2D eigenvalue weighted by molar-refractivity contribution is 6.03. The molecule has 1 amide bonds. The lowest BCUT2D eigenvalue weighted by atomic mass is 10.2. The third kappa shape index (κ3) is 4.66. The molecule has 4 rings (SSSR count). The van der Waals surface area contributed by atoms with E-state index in [0.29, 0.717) is 23.7 Å². The summed E-state index contributed by atoms with van der Waals surface area (Å²) >= 11 is 0. The molecule has 0 saturated carbocycles. The molecule has 0 fully saturated rings. The Morgan fingerprint density at radius 3 is 2.58 bits per heavy atom. The second kappa shape index (κ2) is 8.87. The highest BCUT2D eigenvalue weighted by atomic mass is 16.5. The van der Waals surface area contributed by atoms with Crippen molar-refractivity contribution in [3.8, 4) is 5.75 Å². The minimum Gasteiger partial charge on any atom is -0.488 e. The molecule has 2 heterocycles. The highest BCUT2D eigenvalue weighted by Gasteiger charge is 2.21. The number of ether oxygens (including phenoxy) is 1. The number of nitrogens with zero attached hydrogens (tertiary/aromatic N) is 3. The van der Waals surface area contributed by atoms with Gasteiger partial charge in [-0.15, -0.1) is 0 Å². The van der Waals surface area contributed by atoms with Gasteiger partial charge in [0, 0.05) is 11.8 Å². The van der Waals surface area contributed by atoms with E-state index in [9.17, 15) is 4.79 Å². The number of hydrogen-bond donors (Lipinski definition) is 1. The van der Waals surface area contributed by atoms with E-state index in [1.165, 1.54) is 0 Å². The topological polar surface area (TPSA) is 82.2 Å². The first-order valence-electron chi connectivity index (χ1n) is 10.0. The van der Waals surface area contributed by atoms with E-state index in [2.05, 4.69) is 15.6 Å². The molecule has 4 aromatic rings. The first-order valence-corrected chi connectivity index (χ1v) is 10.0. The minimum absolute atomic E-state index is 0.185. The molecule has 158 valence electrons. The van der Waals surface area contributed by atoms with Crippen LogP contribution in [0.5, 0.6) is 5.75 Å². The average molecular weight is 416 g/mol. The van der Waals surface area contributed by atoms with Crippen molar-refractivity contribution in [2.24, 2.45) is 0 Å². The summed E-state index contributed by atoms with van der Waals surface area (Å²) < 4.78 is 13.0. The van der Waals surface area contributed by atoms with Crippen LogP contribution < -0.4 is 10.1 Å². The van der Waals surface area contributed by atoms with Crippen molar-refractivity contribution < 1.29 is 14.1 Å². The van der Waals surface area contributed by atoms with Gasteiger partial charge in [-0.1, -0.05) is 53.7 Å². The molecule has 7 nitrogen and oxygen atoms in total. The van der Waals surface area contributed by atoms with Crippen molar-refractivity contribution in [3.63, 3.8) is 0 Å². The number of amides is 1. The second-order valence-corrected chi connectivity index (χ2v) is 7.39. The fourth-order valence-corrected chi connectivity index (χ4v) is 3.27. The second-order valence-electron chi connectivity index (χ2n) is 7.39. The molecule has 0 unspecified atom stereocenters. The van der Waals surface area contributed by atoms with Crippen LogP contribution in [0.1, 0.15) is 38.6 Å². The molecular weight excluding hydrogens is 392 g/mol. The number of nitrogens with one attached hydrogen (secondary N) is 1. The SMILES string of the molecule is Cc1ccccc1OCc1c(C(=O)Nc2cc(C)n(Cc3ccccc3)n2)noc1C. The predicted octanol–water partition coefficient (Wildman–Crippen LogP) is 4.68. The van der Waals surface area contributed by atoms with E-state index in [4.69, 9.17) is 9.26 Å². The summed E-state index contributed by atoms with van der Waals surface area (Å²) in [5.41, 5.74) is 3.90. The van der Waals surface area contributed by atoms with Crippen molar-refractivity contribution in [2.75, 3.05) is 5.32 Å². The molecule has 2 aromatic heterocycles. The van der Waals surface area contributed by atoms with Gasteiger partial charge in [-0.25, -0.2) is 0 Å². The van der Waals surface area contributed by atoms with Gasteiger partial charge in [-0.2, -0.15) is 5.10 Å². The molecule has 0 aliphatic carbocycles. The summed E-state index contributed by atoms with van der Waals surface area (Å²) in [5, 5.41) is 11.3. The monoisotopic (exact) mass is 416 g/mol. The van der Waals surface area contributed by atoms with Gasteiger partial charge in [0.05, 0.1) is 12.1 Å². The molecule has 0 aliphatic rings. The van der Waals surface area contributed by atoms with Crippen molar-refractivity contribution in [1.29, 1.82) is 0 Å². The Kier molecular flexibility index (Phi) is 5.84. The molecule has 1 N–H and O–H groups in total. The zero-order valence-electron chi connectivity index (χ0n) is 17.8. The third-order valence-electron chi connectivity index (χ3n) is 5.06. The number of rotatable bonds is 7. The van der Waals surface area contributed by atoms with Gasteiger partial charge in [0.25, 0.3) is 5.91 Å². The lowest BCUT2D eigenvalue weighted by Gasteiger charge is -2.09. The molecule has 7 heteroatoms. The number of aryl methyl sites for hydroxylation is 3. The van der Waals surface area contributed by atoms with Gasteiger partial charge >= 0.3 is 0 Å². The van der Waals surface area contributed by atoms with E-state index in [1.54, 1.807) is 6.92 Å². The Hall–Kier alpha value is -3.87. The van der Waals surface area contributed by atoms with E-state index in [0.717, 1.165) is 22.6 Å². The number of anilines is 1. The van der Waals surface area contributed by atoms with Crippen LogP contribution in [0, 0.1) is 20.8 Å². The number of benzene rings is 2. The van der Waals surface area contributed by atoms with E-state index in [1.807, 2.05) is 79.2 Å². The maximum atomic E-state index is 12.9. The number of carbonyl (C=O) groups excluding carboxylic acids is 1. The predicted molar refractivity (Wildman–Crippen MR) is 117 cm³/mol. The average Bonchev–Trinajstić information content (AvgIpc) is 3.30. The number of aromatic nitrogens is 3. The molecule has 0 radical (unpaired) electrons. The largest absolute Gasteiger partial charge is 0.488 e. The van der Waals surface area contributed by atoms with Crippen molar-refractivity contribution in [1.82, 2.24) is 14.9 Å². The smallest absolute Gasteiger partial charge is 0.279 e. The number of carbonyl (C=O) groups is 1. The van der Waals surface area contributed by atoms with Crippen LogP contribution in [-0.2, 0) is 13.2 Å². The first kappa shape index (κ1) is 20.4. The molecule has 31 heavy (non-hydrogen) atoms. The molecule has 0 atom stereocenters. The molecule has 0 bridgehead atoms. The summed E-state index contributed by atoms with van der Waals surface area (Å²) in [4.78, 5) is 12.9. The van der Waals surface area contributed by atoms with Crippen molar-refractivity contribution in [3.05, 3.63) is 94.5 Å². The summed E-state index contributed by atoms with van der Waals surface area (Å²) in [5.74, 6) is 1.38. The lowest BCUT2D eigenvalue weighted by molar-refractivity contribution is 0.101. The molecule has 2 aromatic carbocycles. The fraction of sp³-hybridized carbons (Fsp3) is 0.208. The van der Waals surface area contributed by atoms with E-state index < -0.39 is 0 Å². The zero-order valence-corrected chi connectivity index (χ0v) is 17.8. The van der Waals surface area contributed by atoms with Crippen LogP contribution in [-0.4, -0.2) is 20.8 Å². The maximum Gasteiger partial charge on any atom is 0.279 e. The van der Waals surface area contributed by atoms with E-state index in [-0.39, 0.29) is 18.2 Å². The molecule has 0 spiro atoms. The Labute approximate surface area is 180 Å². The summed E-state index contributed by atoms with van der Waals surface area (Å²) in [6.45, 7) is 6.50.